The topological polar surface area (TPSA) is 54.5 Å². The van der Waals surface area contributed by atoms with Crippen LogP contribution in [-0.2, 0) is 6.18 Å². The van der Waals surface area contributed by atoms with Crippen LogP contribution in [0, 0.1) is 0 Å². The summed E-state index contributed by atoms with van der Waals surface area (Å²) in [6.07, 6.45) is -1.56. The van der Waals surface area contributed by atoms with E-state index in [1.54, 1.807) is 19.2 Å². The molecular formula is C33H28F3N3O2. The average molecular weight is 556 g/mol. The van der Waals surface area contributed by atoms with E-state index in [0.29, 0.717) is 27.8 Å². The van der Waals surface area contributed by atoms with Crippen molar-refractivity contribution in [2.75, 3.05) is 30.4 Å². The monoisotopic (exact) mass is 555 g/mol. The first-order valence-electron chi connectivity index (χ1n) is 13.6. The van der Waals surface area contributed by atoms with Crippen LogP contribution in [0.1, 0.15) is 35.2 Å². The first-order valence-corrected chi connectivity index (χ1v) is 13.6. The number of rotatable bonds is 5. The van der Waals surface area contributed by atoms with Crippen molar-refractivity contribution >= 4 is 39.0 Å². The van der Waals surface area contributed by atoms with Gasteiger partial charge in [-0.2, -0.15) is 13.2 Å². The van der Waals surface area contributed by atoms with Gasteiger partial charge in [-0.3, -0.25) is 4.79 Å². The predicted molar refractivity (Wildman–Crippen MR) is 157 cm³/mol. The van der Waals surface area contributed by atoms with Gasteiger partial charge in [0.15, 0.2) is 0 Å². The molecule has 0 unspecified atom stereocenters. The van der Waals surface area contributed by atoms with E-state index in [0.717, 1.165) is 66.6 Å². The fourth-order valence-electron chi connectivity index (χ4n) is 5.43. The van der Waals surface area contributed by atoms with Crippen LogP contribution in [-0.4, -0.2) is 31.1 Å². The van der Waals surface area contributed by atoms with Crippen molar-refractivity contribution in [2.45, 2.75) is 25.4 Å². The molecule has 0 aliphatic carbocycles. The van der Waals surface area contributed by atoms with E-state index in [1.807, 2.05) is 59.5 Å². The molecule has 0 atom stereocenters. The number of nitrogens with zero attached hydrogens (tertiary/aromatic N) is 2. The van der Waals surface area contributed by atoms with E-state index < -0.39 is 17.6 Å². The van der Waals surface area contributed by atoms with E-state index >= 15 is 0 Å². The molecule has 1 fully saturated rings. The van der Waals surface area contributed by atoms with Gasteiger partial charge in [0.1, 0.15) is 5.75 Å². The van der Waals surface area contributed by atoms with Crippen LogP contribution in [0.5, 0.6) is 5.75 Å². The van der Waals surface area contributed by atoms with Crippen molar-refractivity contribution in [3.63, 3.8) is 0 Å². The smallest absolute Gasteiger partial charge is 0.416 e. The number of ether oxygens (including phenoxy) is 1. The van der Waals surface area contributed by atoms with Crippen LogP contribution in [0.2, 0.25) is 0 Å². The first-order chi connectivity index (χ1) is 19.8. The highest BCUT2D eigenvalue weighted by molar-refractivity contribution is 6.14. The molecule has 4 aromatic carbocycles. The molecule has 0 bridgehead atoms. The number of carbonyl (C=O) groups is 1. The van der Waals surface area contributed by atoms with E-state index in [4.69, 9.17) is 9.72 Å². The highest BCUT2D eigenvalue weighted by atomic mass is 19.4. The van der Waals surface area contributed by atoms with Crippen LogP contribution in [0.3, 0.4) is 0 Å². The van der Waals surface area contributed by atoms with Gasteiger partial charge in [-0.1, -0.05) is 36.4 Å². The molecule has 41 heavy (non-hydrogen) atoms. The standard InChI is InChI=1S/C33H28F3N3O2/c1-41-25-13-11-21-17-23(10-9-22(21)18-25)29-20-27(26-7-3-4-8-28(26)37-29)32(40)38-30-19-24(33(34,35)36)12-14-31(30)39-15-5-2-6-16-39/h3-4,7-14,17-20H,2,5-6,15-16H2,1H3,(H,38,40). The molecule has 1 saturated heterocycles. The minimum absolute atomic E-state index is 0.147. The SMILES string of the molecule is COc1ccc2cc(-c3cc(C(=O)Nc4cc(C(F)(F)F)ccc4N4CCCCC4)c4ccccc4n3)ccc2c1. The number of hydrogen-bond acceptors (Lipinski definition) is 4. The molecule has 208 valence electrons. The third-order valence-corrected chi connectivity index (χ3v) is 7.57. The number of pyridine rings is 1. The number of halogens is 3. The molecule has 1 N–H and O–H groups in total. The third-order valence-electron chi connectivity index (χ3n) is 7.57. The Balaban J connectivity index is 1.42. The van der Waals surface area contributed by atoms with Gasteiger partial charge in [-0.15, -0.1) is 0 Å². The van der Waals surface area contributed by atoms with Crippen molar-refractivity contribution in [3.05, 3.63) is 96.1 Å². The van der Waals surface area contributed by atoms with Crippen molar-refractivity contribution < 1.29 is 22.7 Å². The van der Waals surface area contributed by atoms with Gasteiger partial charge in [0.05, 0.1) is 40.8 Å². The highest BCUT2D eigenvalue weighted by Gasteiger charge is 2.32. The lowest BCUT2D eigenvalue weighted by molar-refractivity contribution is -0.137. The summed E-state index contributed by atoms with van der Waals surface area (Å²) in [7, 11) is 1.62. The van der Waals surface area contributed by atoms with Crippen LogP contribution in [0.4, 0.5) is 24.5 Å². The van der Waals surface area contributed by atoms with Crippen LogP contribution in [0.15, 0.2) is 84.9 Å². The van der Waals surface area contributed by atoms with Gasteiger partial charge in [0.2, 0.25) is 0 Å². The maximum Gasteiger partial charge on any atom is 0.416 e. The first kappa shape index (κ1) is 26.6. The molecule has 2 heterocycles. The molecule has 1 aromatic heterocycles. The summed E-state index contributed by atoms with van der Waals surface area (Å²) in [5.41, 5.74) is 2.29. The molecule has 1 aliphatic rings. The molecule has 0 spiro atoms. The molecular weight excluding hydrogens is 527 g/mol. The largest absolute Gasteiger partial charge is 0.497 e. The van der Waals surface area contributed by atoms with E-state index in [-0.39, 0.29) is 5.69 Å². The summed E-state index contributed by atoms with van der Waals surface area (Å²) in [5, 5.41) is 5.43. The zero-order valence-corrected chi connectivity index (χ0v) is 22.5. The molecule has 1 aliphatic heterocycles. The van der Waals surface area contributed by atoms with Crippen molar-refractivity contribution in [2.24, 2.45) is 0 Å². The summed E-state index contributed by atoms with van der Waals surface area (Å²) >= 11 is 0. The number of hydrogen-bond donors (Lipinski definition) is 1. The molecule has 5 aromatic rings. The third kappa shape index (κ3) is 5.42. The predicted octanol–water partition coefficient (Wildman–Crippen LogP) is 8.33. The maximum absolute atomic E-state index is 13.8. The summed E-state index contributed by atoms with van der Waals surface area (Å²) in [6, 6.07) is 24.2. The second-order valence-corrected chi connectivity index (χ2v) is 10.2. The van der Waals surface area contributed by atoms with Crippen molar-refractivity contribution in [1.82, 2.24) is 4.98 Å². The normalized spacial score (nSPS) is 13.9. The zero-order valence-electron chi connectivity index (χ0n) is 22.5. The summed E-state index contributed by atoms with van der Waals surface area (Å²) in [5.74, 6) is 0.263. The lowest BCUT2D eigenvalue weighted by Crippen LogP contribution is -2.30. The Bertz CT molecular complexity index is 1760. The number of anilines is 2. The number of benzene rings is 4. The number of nitrogens with one attached hydrogen (secondary N) is 1. The number of amides is 1. The fraction of sp³-hybridized carbons (Fsp3) is 0.212. The molecule has 1 amide bonds. The van der Waals surface area contributed by atoms with E-state index in [2.05, 4.69) is 5.32 Å². The number of fused-ring (bicyclic) bond motifs is 2. The Morgan fingerprint density at radius 2 is 1.63 bits per heavy atom. The Kier molecular flexibility index (Phi) is 6.99. The van der Waals surface area contributed by atoms with Crippen LogP contribution in [0.25, 0.3) is 32.9 Å². The summed E-state index contributed by atoms with van der Waals surface area (Å²) < 4.78 is 46.3. The lowest BCUT2D eigenvalue weighted by Gasteiger charge is -2.31. The number of aromatic nitrogens is 1. The van der Waals surface area contributed by atoms with Crippen molar-refractivity contribution in [1.29, 1.82) is 0 Å². The number of methoxy groups -OCH3 is 1. The second-order valence-electron chi connectivity index (χ2n) is 10.2. The molecule has 6 rings (SSSR count). The van der Waals surface area contributed by atoms with Gasteiger partial charge in [-0.05, 0) is 78.6 Å². The summed E-state index contributed by atoms with van der Waals surface area (Å²) in [6.45, 7) is 1.45. The molecule has 8 heteroatoms. The van der Waals surface area contributed by atoms with Gasteiger partial charge in [0, 0.05) is 24.0 Å². The highest BCUT2D eigenvalue weighted by Crippen LogP contribution is 2.37. The Labute approximate surface area is 235 Å². The lowest BCUT2D eigenvalue weighted by atomic mass is 10.0. The van der Waals surface area contributed by atoms with E-state index in [1.165, 1.54) is 6.07 Å². The molecule has 5 nitrogen and oxygen atoms in total. The van der Waals surface area contributed by atoms with Gasteiger partial charge in [-0.25, -0.2) is 4.98 Å². The summed E-state index contributed by atoms with van der Waals surface area (Å²) in [4.78, 5) is 20.7. The minimum Gasteiger partial charge on any atom is -0.497 e. The second kappa shape index (κ2) is 10.8. The number of para-hydroxylation sites is 1. The zero-order chi connectivity index (χ0) is 28.6. The van der Waals surface area contributed by atoms with Crippen LogP contribution >= 0.6 is 0 Å². The minimum atomic E-state index is -4.53. The average Bonchev–Trinajstić information content (AvgIpc) is 2.99. The van der Waals surface area contributed by atoms with E-state index in [9.17, 15) is 18.0 Å². The number of alkyl halides is 3. The van der Waals surface area contributed by atoms with Gasteiger partial charge in [0.25, 0.3) is 5.91 Å². The molecule has 0 radical (unpaired) electrons. The van der Waals surface area contributed by atoms with Crippen LogP contribution < -0.4 is 15.0 Å². The maximum atomic E-state index is 13.8. The Morgan fingerprint density at radius 1 is 0.878 bits per heavy atom. The fourth-order valence-corrected chi connectivity index (χ4v) is 5.43. The quantitative estimate of drug-likeness (QED) is 0.237. The van der Waals surface area contributed by atoms with Crippen molar-refractivity contribution in [3.8, 4) is 17.0 Å². The van der Waals surface area contributed by atoms with Gasteiger partial charge < -0.3 is 15.0 Å². The Morgan fingerprint density at radius 3 is 2.41 bits per heavy atom. The van der Waals surface area contributed by atoms with Gasteiger partial charge >= 0.3 is 6.18 Å². The number of piperidine rings is 1. The number of carbonyl (C=O) groups excluding carboxylic acids is 1. The molecule has 0 saturated carbocycles. The Hall–Kier alpha value is -4.59.